The highest BCUT2D eigenvalue weighted by Gasteiger charge is 2.05. The normalized spacial score (nSPS) is 10.5. The lowest BCUT2D eigenvalue weighted by Gasteiger charge is -1.95. The molecule has 0 radical (unpaired) electrons. The Morgan fingerprint density at radius 2 is 2.40 bits per heavy atom. The number of hydrogen-bond acceptors (Lipinski definition) is 5. The lowest BCUT2D eigenvalue weighted by molar-refractivity contribution is -0.117. The number of carbonyl (C=O) groups is 1. The lowest BCUT2D eigenvalue weighted by atomic mass is 10.2. The summed E-state index contributed by atoms with van der Waals surface area (Å²) in [6.07, 6.45) is 2.98. The van der Waals surface area contributed by atoms with E-state index in [2.05, 4.69) is 22.4 Å². The standard InChI is InChI=1S/C9H16N4O2/c1-2-3-4-8-12-9(15-13-8)6-11-5-7(10)14/h11H,2-6H2,1H3,(H2,10,14). The topological polar surface area (TPSA) is 94.0 Å². The first-order valence-electron chi connectivity index (χ1n) is 5.03. The first kappa shape index (κ1) is 11.6. The monoisotopic (exact) mass is 212 g/mol. The van der Waals surface area contributed by atoms with Crippen molar-refractivity contribution in [3.8, 4) is 0 Å². The van der Waals surface area contributed by atoms with Gasteiger partial charge in [-0.25, -0.2) is 0 Å². The second-order valence-corrected chi connectivity index (χ2v) is 3.28. The molecule has 3 N–H and O–H groups in total. The molecule has 6 nitrogen and oxygen atoms in total. The Morgan fingerprint density at radius 3 is 3.07 bits per heavy atom. The molecule has 0 saturated carbocycles. The maximum absolute atomic E-state index is 10.4. The van der Waals surface area contributed by atoms with E-state index in [0.717, 1.165) is 19.3 Å². The Balaban J connectivity index is 2.29. The highest BCUT2D eigenvalue weighted by Crippen LogP contribution is 2.01. The summed E-state index contributed by atoms with van der Waals surface area (Å²) in [5.74, 6) is 0.802. The quantitative estimate of drug-likeness (QED) is 0.662. The number of aryl methyl sites for hydroxylation is 1. The van der Waals surface area contributed by atoms with E-state index in [1.165, 1.54) is 0 Å². The summed E-state index contributed by atoms with van der Waals surface area (Å²) in [7, 11) is 0. The van der Waals surface area contributed by atoms with Crippen molar-refractivity contribution in [3.05, 3.63) is 11.7 Å². The number of hydrogen-bond donors (Lipinski definition) is 2. The van der Waals surface area contributed by atoms with Crippen LogP contribution in [0.3, 0.4) is 0 Å². The van der Waals surface area contributed by atoms with Crippen LogP contribution in [0.1, 0.15) is 31.5 Å². The lowest BCUT2D eigenvalue weighted by Crippen LogP contribution is -2.28. The fourth-order valence-corrected chi connectivity index (χ4v) is 1.09. The zero-order chi connectivity index (χ0) is 11.1. The molecule has 0 aliphatic carbocycles. The number of nitrogens with two attached hydrogens (primary N) is 1. The van der Waals surface area contributed by atoms with Crippen LogP contribution in [0, 0.1) is 0 Å². The fourth-order valence-electron chi connectivity index (χ4n) is 1.09. The van der Waals surface area contributed by atoms with Crippen LogP contribution in [0.2, 0.25) is 0 Å². The number of nitrogens with zero attached hydrogens (tertiary/aromatic N) is 2. The minimum atomic E-state index is -0.402. The first-order valence-corrected chi connectivity index (χ1v) is 5.03. The predicted molar refractivity (Wildman–Crippen MR) is 53.8 cm³/mol. The second-order valence-electron chi connectivity index (χ2n) is 3.28. The third kappa shape index (κ3) is 4.55. The number of rotatable bonds is 7. The molecule has 0 fully saturated rings. The molecule has 1 aromatic rings. The fraction of sp³-hybridized carbons (Fsp3) is 0.667. The van der Waals surface area contributed by atoms with Gasteiger partial charge in [-0.3, -0.25) is 10.1 Å². The molecule has 1 heterocycles. The van der Waals surface area contributed by atoms with E-state index in [-0.39, 0.29) is 6.54 Å². The average Bonchev–Trinajstić information content (AvgIpc) is 2.62. The molecule has 0 aromatic carbocycles. The van der Waals surface area contributed by atoms with Crippen LogP contribution in [-0.4, -0.2) is 22.6 Å². The van der Waals surface area contributed by atoms with E-state index in [9.17, 15) is 4.79 Å². The Labute approximate surface area is 88.2 Å². The van der Waals surface area contributed by atoms with Crippen LogP contribution in [0.25, 0.3) is 0 Å². The van der Waals surface area contributed by atoms with Gasteiger partial charge in [-0.05, 0) is 6.42 Å². The van der Waals surface area contributed by atoms with Crippen molar-refractivity contribution >= 4 is 5.91 Å². The summed E-state index contributed by atoms with van der Waals surface area (Å²) in [5.41, 5.74) is 4.96. The van der Waals surface area contributed by atoms with Crippen LogP contribution in [0.5, 0.6) is 0 Å². The number of amides is 1. The predicted octanol–water partition coefficient (Wildman–Crippen LogP) is -0.0129. The summed E-state index contributed by atoms with van der Waals surface area (Å²) in [6, 6.07) is 0. The molecule has 15 heavy (non-hydrogen) atoms. The molecule has 84 valence electrons. The molecule has 0 unspecified atom stereocenters. The van der Waals surface area contributed by atoms with E-state index in [1.54, 1.807) is 0 Å². The minimum Gasteiger partial charge on any atom is -0.369 e. The van der Waals surface area contributed by atoms with Gasteiger partial charge in [-0.2, -0.15) is 4.98 Å². The molecule has 0 spiro atoms. The summed E-state index contributed by atoms with van der Waals surface area (Å²) in [5, 5.41) is 6.61. The molecule has 1 rings (SSSR count). The van der Waals surface area contributed by atoms with Gasteiger partial charge in [0.05, 0.1) is 13.1 Å². The van der Waals surface area contributed by atoms with E-state index in [1.807, 2.05) is 0 Å². The molecule has 6 heteroatoms. The summed E-state index contributed by atoms with van der Waals surface area (Å²) in [4.78, 5) is 14.6. The summed E-state index contributed by atoms with van der Waals surface area (Å²) < 4.78 is 4.97. The van der Waals surface area contributed by atoms with Crippen LogP contribution in [0.4, 0.5) is 0 Å². The van der Waals surface area contributed by atoms with Crippen molar-refractivity contribution in [1.82, 2.24) is 15.5 Å². The van der Waals surface area contributed by atoms with Crippen LogP contribution >= 0.6 is 0 Å². The number of unbranched alkanes of at least 4 members (excludes halogenated alkanes) is 1. The minimum absolute atomic E-state index is 0.118. The van der Waals surface area contributed by atoms with Crippen LogP contribution in [-0.2, 0) is 17.8 Å². The Kier molecular flexibility index (Phi) is 4.76. The van der Waals surface area contributed by atoms with E-state index < -0.39 is 5.91 Å². The number of primary amides is 1. The SMILES string of the molecule is CCCCc1noc(CNCC(N)=O)n1. The van der Waals surface area contributed by atoms with Gasteiger partial charge in [0, 0.05) is 6.42 Å². The Morgan fingerprint density at radius 1 is 1.60 bits per heavy atom. The zero-order valence-corrected chi connectivity index (χ0v) is 8.82. The molecular weight excluding hydrogens is 196 g/mol. The third-order valence-corrected chi connectivity index (χ3v) is 1.84. The molecule has 1 aromatic heterocycles. The smallest absolute Gasteiger partial charge is 0.240 e. The molecule has 0 aliphatic rings. The first-order chi connectivity index (χ1) is 7.22. The Bertz CT molecular complexity index is 311. The maximum atomic E-state index is 10.4. The van der Waals surface area contributed by atoms with Crippen molar-refractivity contribution in [2.24, 2.45) is 5.73 Å². The number of aromatic nitrogens is 2. The molecule has 0 saturated heterocycles. The molecule has 0 atom stereocenters. The van der Waals surface area contributed by atoms with Gasteiger partial charge in [0.15, 0.2) is 5.82 Å². The van der Waals surface area contributed by atoms with Gasteiger partial charge in [0.25, 0.3) is 0 Å². The van der Waals surface area contributed by atoms with Gasteiger partial charge in [0.1, 0.15) is 0 Å². The molecule has 1 amide bonds. The van der Waals surface area contributed by atoms with Gasteiger partial charge < -0.3 is 10.3 Å². The number of carbonyl (C=O) groups excluding carboxylic acids is 1. The third-order valence-electron chi connectivity index (χ3n) is 1.84. The molecule has 0 bridgehead atoms. The highest BCUT2D eigenvalue weighted by molar-refractivity contribution is 5.75. The number of nitrogens with one attached hydrogen (secondary N) is 1. The van der Waals surface area contributed by atoms with Crippen LogP contribution in [0.15, 0.2) is 4.52 Å². The second kappa shape index (κ2) is 6.13. The average molecular weight is 212 g/mol. The summed E-state index contributed by atoms with van der Waals surface area (Å²) in [6.45, 7) is 2.60. The highest BCUT2D eigenvalue weighted by atomic mass is 16.5. The van der Waals surface area contributed by atoms with Crippen molar-refractivity contribution in [3.63, 3.8) is 0 Å². The van der Waals surface area contributed by atoms with Crippen LogP contribution < -0.4 is 11.1 Å². The van der Waals surface area contributed by atoms with E-state index >= 15 is 0 Å². The van der Waals surface area contributed by atoms with E-state index in [0.29, 0.717) is 18.3 Å². The van der Waals surface area contributed by atoms with Gasteiger partial charge in [0.2, 0.25) is 11.8 Å². The van der Waals surface area contributed by atoms with Crippen molar-refractivity contribution in [2.75, 3.05) is 6.54 Å². The van der Waals surface area contributed by atoms with Gasteiger partial charge in [-0.1, -0.05) is 18.5 Å². The van der Waals surface area contributed by atoms with E-state index in [4.69, 9.17) is 10.3 Å². The molecule has 0 aliphatic heterocycles. The van der Waals surface area contributed by atoms with Crippen molar-refractivity contribution in [1.29, 1.82) is 0 Å². The maximum Gasteiger partial charge on any atom is 0.240 e. The Hall–Kier alpha value is -1.43. The zero-order valence-electron chi connectivity index (χ0n) is 8.82. The van der Waals surface area contributed by atoms with Crippen molar-refractivity contribution < 1.29 is 9.32 Å². The molecular formula is C9H16N4O2. The van der Waals surface area contributed by atoms with Crippen molar-refractivity contribution in [2.45, 2.75) is 32.7 Å². The van der Waals surface area contributed by atoms with Gasteiger partial charge >= 0.3 is 0 Å². The summed E-state index contributed by atoms with van der Waals surface area (Å²) >= 11 is 0. The largest absolute Gasteiger partial charge is 0.369 e. The van der Waals surface area contributed by atoms with Gasteiger partial charge in [-0.15, -0.1) is 0 Å².